The molecule has 1 saturated carbocycles. The van der Waals surface area contributed by atoms with Crippen LogP contribution in [0, 0.1) is 17.8 Å². The Labute approximate surface area is 170 Å². The minimum absolute atomic E-state index is 0.0327. The summed E-state index contributed by atoms with van der Waals surface area (Å²) in [4.78, 5) is 23.5. The summed E-state index contributed by atoms with van der Waals surface area (Å²) in [7, 11) is 0. The van der Waals surface area contributed by atoms with Crippen molar-refractivity contribution in [3.63, 3.8) is 0 Å². The Hall–Kier alpha value is -1.62. The zero-order chi connectivity index (χ0) is 20.9. The molecule has 1 N–H and O–H groups in total. The smallest absolute Gasteiger partial charge is 0.335 e. The Kier molecular flexibility index (Phi) is 11.8. The summed E-state index contributed by atoms with van der Waals surface area (Å²) in [6.45, 7) is 10.9. The van der Waals surface area contributed by atoms with Crippen molar-refractivity contribution < 1.29 is 24.2 Å². The SMILES string of the molecule is C=C(C)C(=O)OCC(COC(=O)C(=C)CO)CC1CCC(CCCCC)CC1. The summed E-state index contributed by atoms with van der Waals surface area (Å²) in [6.07, 6.45) is 11.0. The number of aliphatic hydroxyl groups excluding tert-OH is 1. The van der Waals surface area contributed by atoms with Crippen molar-refractivity contribution in [3.8, 4) is 0 Å². The average Bonchev–Trinajstić information content (AvgIpc) is 2.70. The van der Waals surface area contributed by atoms with Crippen LogP contribution >= 0.6 is 0 Å². The molecule has 0 amide bonds. The van der Waals surface area contributed by atoms with Crippen LogP contribution in [-0.4, -0.2) is 36.9 Å². The van der Waals surface area contributed by atoms with Crippen molar-refractivity contribution in [2.24, 2.45) is 17.8 Å². The Morgan fingerprint density at radius 2 is 1.57 bits per heavy atom. The van der Waals surface area contributed by atoms with Crippen LogP contribution in [0.15, 0.2) is 24.3 Å². The number of aliphatic hydroxyl groups is 1. The van der Waals surface area contributed by atoms with Crippen LogP contribution in [0.3, 0.4) is 0 Å². The van der Waals surface area contributed by atoms with Crippen LogP contribution in [-0.2, 0) is 19.1 Å². The zero-order valence-electron chi connectivity index (χ0n) is 17.7. The maximum Gasteiger partial charge on any atom is 0.335 e. The van der Waals surface area contributed by atoms with Gasteiger partial charge in [-0.3, -0.25) is 0 Å². The molecule has 1 atom stereocenters. The summed E-state index contributed by atoms with van der Waals surface area (Å²) in [5.41, 5.74) is 0.391. The van der Waals surface area contributed by atoms with E-state index in [1.54, 1.807) is 6.92 Å². The number of carbonyl (C=O) groups is 2. The van der Waals surface area contributed by atoms with Gasteiger partial charge in [-0.25, -0.2) is 9.59 Å². The first-order valence-electron chi connectivity index (χ1n) is 10.7. The first-order valence-corrected chi connectivity index (χ1v) is 10.7. The Morgan fingerprint density at radius 3 is 2.11 bits per heavy atom. The van der Waals surface area contributed by atoms with Crippen LogP contribution in [0.1, 0.15) is 71.6 Å². The van der Waals surface area contributed by atoms with Gasteiger partial charge < -0.3 is 14.6 Å². The average molecular weight is 395 g/mol. The Bertz CT molecular complexity index is 517. The van der Waals surface area contributed by atoms with E-state index in [1.165, 1.54) is 51.4 Å². The largest absolute Gasteiger partial charge is 0.462 e. The number of esters is 2. The van der Waals surface area contributed by atoms with Crippen molar-refractivity contribution in [1.29, 1.82) is 0 Å². The van der Waals surface area contributed by atoms with Gasteiger partial charge >= 0.3 is 11.9 Å². The first-order chi connectivity index (χ1) is 13.4. The van der Waals surface area contributed by atoms with Crippen LogP contribution in [0.4, 0.5) is 0 Å². The molecule has 5 nitrogen and oxygen atoms in total. The number of unbranched alkanes of at least 4 members (excludes halogenated alkanes) is 2. The molecule has 1 aliphatic rings. The third kappa shape index (κ3) is 9.54. The van der Waals surface area contributed by atoms with Gasteiger partial charge in [0.2, 0.25) is 0 Å². The van der Waals surface area contributed by atoms with Gasteiger partial charge in [-0.05, 0) is 25.2 Å². The second-order valence-electron chi connectivity index (χ2n) is 8.22. The molecule has 5 heteroatoms. The van der Waals surface area contributed by atoms with Crippen LogP contribution in [0.5, 0.6) is 0 Å². The lowest BCUT2D eigenvalue weighted by molar-refractivity contribution is -0.144. The zero-order valence-corrected chi connectivity index (χ0v) is 17.7. The molecule has 0 heterocycles. The van der Waals surface area contributed by atoms with Gasteiger partial charge in [0, 0.05) is 11.5 Å². The van der Waals surface area contributed by atoms with Gasteiger partial charge in [0.25, 0.3) is 0 Å². The topological polar surface area (TPSA) is 72.8 Å². The Balaban J connectivity index is 2.50. The van der Waals surface area contributed by atoms with E-state index in [-0.39, 0.29) is 24.7 Å². The molecule has 0 aromatic rings. The molecule has 0 aromatic carbocycles. The van der Waals surface area contributed by atoms with Crippen LogP contribution < -0.4 is 0 Å². The lowest BCUT2D eigenvalue weighted by Gasteiger charge is -2.31. The molecule has 28 heavy (non-hydrogen) atoms. The number of hydrogen-bond donors (Lipinski definition) is 1. The molecule has 0 radical (unpaired) electrons. The maximum atomic E-state index is 11.8. The van der Waals surface area contributed by atoms with E-state index in [0.717, 1.165) is 12.3 Å². The molecule has 0 aliphatic heterocycles. The summed E-state index contributed by atoms with van der Waals surface area (Å²) >= 11 is 0. The molecule has 1 unspecified atom stereocenters. The van der Waals surface area contributed by atoms with E-state index in [1.807, 2.05) is 0 Å². The molecular weight excluding hydrogens is 356 g/mol. The fourth-order valence-electron chi connectivity index (χ4n) is 3.77. The minimum Gasteiger partial charge on any atom is -0.462 e. The van der Waals surface area contributed by atoms with E-state index in [0.29, 0.717) is 11.5 Å². The predicted molar refractivity (Wildman–Crippen MR) is 111 cm³/mol. The molecule has 1 rings (SSSR count). The number of carbonyl (C=O) groups excluding carboxylic acids is 2. The molecule has 0 aromatic heterocycles. The van der Waals surface area contributed by atoms with Gasteiger partial charge in [-0.15, -0.1) is 0 Å². The number of hydrogen-bond acceptors (Lipinski definition) is 5. The van der Waals surface area contributed by atoms with E-state index < -0.39 is 18.5 Å². The van der Waals surface area contributed by atoms with Gasteiger partial charge in [-0.1, -0.05) is 71.4 Å². The Morgan fingerprint density at radius 1 is 1.00 bits per heavy atom. The molecule has 0 saturated heterocycles. The van der Waals surface area contributed by atoms with Crippen LogP contribution in [0.25, 0.3) is 0 Å². The highest BCUT2D eigenvalue weighted by molar-refractivity contribution is 5.88. The van der Waals surface area contributed by atoms with Crippen molar-refractivity contribution >= 4 is 11.9 Å². The van der Waals surface area contributed by atoms with Crippen molar-refractivity contribution in [3.05, 3.63) is 24.3 Å². The summed E-state index contributed by atoms with van der Waals surface area (Å²) in [6, 6.07) is 0. The highest BCUT2D eigenvalue weighted by Crippen LogP contribution is 2.35. The first kappa shape index (κ1) is 24.4. The van der Waals surface area contributed by atoms with E-state index in [4.69, 9.17) is 14.6 Å². The highest BCUT2D eigenvalue weighted by atomic mass is 16.5. The van der Waals surface area contributed by atoms with Gasteiger partial charge in [0.05, 0.1) is 25.4 Å². The minimum atomic E-state index is -0.599. The number of rotatable bonds is 13. The fourth-order valence-corrected chi connectivity index (χ4v) is 3.77. The van der Waals surface area contributed by atoms with Crippen LogP contribution in [0.2, 0.25) is 0 Å². The van der Waals surface area contributed by atoms with E-state index in [9.17, 15) is 9.59 Å². The third-order valence-electron chi connectivity index (χ3n) is 5.58. The van der Waals surface area contributed by atoms with Crippen molar-refractivity contribution in [2.45, 2.75) is 71.6 Å². The number of ether oxygens (including phenoxy) is 2. The van der Waals surface area contributed by atoms with E-state index in [2.05, 4.69) is 20.1 Å². The van der Waals surface area contributed by atoms with E-state index >= 15 is 0 Å². The highest BCUT2D eigenvalue weighted by Gasteiger charge is 2.25. The third-order valence-corrected chi connectivity index (χ3v) is 5.58. The molecule has 0 spiro atoms. The summed E-state index contributed by atoms with van der Waals surface area (Å²) in [5, 5.41) is 8.99. The summed E-state index contributed by atoms with van der Waals surface area (Å²) < 4.78 is 10.6. The van der Waals surface area contributed by atoms with Crippen molar-refractivity contribution in [2.75, 3.05) is 19.8 Å². The maximum absolute atomic E-state index is 11.8. The molecule has 1 fully saturated rings. The summed E-state index contributed by atoms with van der Waals surface area (Å²) in [5.74, 6) is 0.332. The second kappa shape index (κ2) is 13.5. The fraction of sp³-hybridized carbons (Fsp3) is 0.739. The lowest BCUT2D eigenvalue weighted by atomic mass is 9.76. The van der Waals surface area contributed by atoms with Crippen molar-refractivity contribution in [1.82, 2.24) is 0 Å². The molecule has 0 bridgehead atoms. The quantitative estimate of drug-likeness (QED) is 0.281. The molecular formula is C23H38O5. The van der Waals surface area contributed by atoms with Gasteiger partial charge in [-0.2, -0.15) is 0 Å². The van der Waals surface area contributed by atoms with Gasteiger partial charge in [0.1, 0.15) is 0 Å². The lowest BCUT2D eigenvalue weighted by Crippen LogP contribution is -2.26. The second-order valence-corrected chi connectivity index (χ2v) is 8.22. The molecule has 1 aliphatic carbocycles. The monoisotopic (exact) mass is 394 g/mol. The molecule has 160 valence electrons. The normalized spacial score (nSPS) is 20.2. The predicted octanol–water partition coefficient (Wildman–Crippen LogP) is 4.59. The standard InChI is InChI=1S/C23H38O5/c1-5-6-7-8-19-9-11-20(12-10-19)13-21(15-27-22(25)17(2)3)16-28-23(26)18(4)14-24/h19-21,24H,2,4-16H2,1,3H3. The van der Waals surface area contributed by atoms with Gasteiger partial charge in [0.15, 0.2) is 0 Å².